The van der Waals surface area contributed by atoms with E-state index >= 15 is 0 Å². The number of hydrogen-bond acceptors (Lipinski definition) is 1. The van der Waals surface area contributed by atoms with Crippen molar-refractivity contribution in [1.29, 1.82) is 0 Å². The summed E-state index contributed by atoms with van der Waals surface area (Å²) >= 11 is 0. The Morgan fingerprint density at radius 2 is 1.76 bits per heavy atom. The molecule has 0 saturated heterocycles. The normalized spacial score (nSPS) is 52.6. The fraction of sp³-hybridized carbons (Fsp3) is 0.917. The Morgan fingerprint density at radius 3 is 2.48 bits per heavy atom. The van der Waals surface area contributed by atoms with Crippen LogP contribution < -0.4 is 0 Å². The van der Waals surface area contributed by atoms with Crippen molar-refractivity contribution in [1.82, 2.24) is 0 Å². The monoisotopic (exact) mass is 344 g/mol. The van der Waals surface area contributed by atoms with Crippen LogP contribution in [0.1, 0.15) is 84.5 Å². The van der Waals surface area contributed by atoms with E-state index < -0.39 is 0 Å². The number of aliphatic hydroxyl groups excluding tert-OH is 1. The van der Waals surface area contributed by atoms with Gasteiger partial charge in [0.15, 0.2) is 0 Å². The number of hydrogen-bond donors (Lipinski definition) is 1. The average Bonchev–Trinajstić information content (AvgIpc) is 2.66. The van der Waals surface area contributed by atoms with Gasteiger partial charge in [0.2, 0.25) is 0 Å². The van der Waals surface area contributed by atoms with E-state index in [1.54, 1.807) is 0 Å². The molecule has 8 atom stereocenters. The molecule has 142 valence electrons. The van der Waals surface area contributed by atoms with Crippen molar-refractivity contribution < 1.29 is 5.11 Å². The molecular weight excluding hydrogens is 304 g/mol. The van der Waals surface area contributed by atoms with Crippen molar-refractivity contribution in [3.8, 4) is 0 Å². The summed E-state index contributed by atoms with van der Waals surface area (Å²) in [6, 6.07) is 0. The molecule has 1 heteroatoms. The molecule has 25 heavy (non-hydrogen) atoms. The number of aliphatic hydroxyl groups is 1. The second-order valence-corrected chi connectivity index (χ2v) is 10.3. The number of rotatable bonds is 3. The third-order valence-electron chi connectivity index (χ3n) is 9.81. The van der Waals surface area contributed by atoms with Gasteiger partial charge in [-0.15, -0.1) is 6.58 Å². The highest BCUT2D eigenvalue weighted by Crippen LogP contribution is 2.66. The summed E-state index contributed by atoms with van der Waals surface area (Å²) in [6.07, 6.45) is 17.7. The molecule has 0 spiro atoms. The molecule has 0 aromatic rings. The van der Waals surface area contributed by atoms with Crippen LogP contribution in [0.4, 0.5) is 0 Å². The van der Waals surface area contributed by atoms with Crippen LogP contribution in [0.2, 0.25) is 0 Å². The highest BCUT2D eigenvalue weighted by Gasteiger charge is 2.58. The van der Waals surface area contributed by atoms with Gasteiger partial charge in [0.05, 0.1) is 0 Å². The first-order chi connectivity index (χ1) is 12.1. The molecule has 0 radical (unpaired) electrons. The standard InChI is InChI=1S/C24H40O/c1-4-23-13-11-20-19(21(23)10-9-17(3)15-23)12-14-24(5-2)18(16-25)7-6-8-22(20)24/h4,17-22,25H,1,5-16H2,2-3H3/t17-,18+,19?,20?,21+,22?,23+,24+/m0/s1. The minimum absolute atomic E-state index is 0.430. The highest BCUT2D eigenvalue weighted by atomic mass is 16.3. The van der Waals surface area contributed by atoms with Crippen LogP contribution in [0.25, 0.3) is 0 Å². The lowest BCUT2D eigenvalue weighted by molar-refractivity contribution is -0.141. The van der Waals surface area contributed by atoms with Crippen molar-refractivity contribution in [2.75, 3.05) is 6.61 Å². The Morgan fingerprint density at radius 1 is 1.00 bits per heavy atom. The number of allylic oxidation sites excluding steroid dienone is 1. The fourth-order valence-electron chi connectivity index (χ4n) is 8.71. The largest absolute Gasteiger partial charge is 0.396 e. The minimum atomic E-state index is 0.430. The summed E-state index contributed by atoms with van der Waals surface area (Å²) in [6.45, 7) is 9.64. The summed E-state index contributed by atoms with van der Waals surface area (Å²) in [5, 5.41) is 10.1. The van der Waals surface area contributed by atoms with E-state index in [1.807, 2.05) is 0 Å². The maximum absolute atomic E-state index is 10.1. The van der Waals surface area contributed by atoms with E-state index in [-0.39, 0.29) is 0 Å². The molecule has 0 aromatic heterocycles. The smallest absolute Gasteiger partial charge is 0.0464 e. The van der Waals surface area contributed by atoms with Crippen molar-refractivity contribution in [3.63, 3.8) is 0 Å². The highest BCUT2D eigenvalue weighted by molar-refractivity contribution is 5.12. The van der Waals surface area contributed by atoms with E-state index in [9.17, 15) is 5.11 Å². The summed E-state index contributed by atoms with van der Waals surface area (Å²) in [5.74, 6) is 5.15. The molecule has 0 aliphatic heterocycles. The predicted octanol–water partition coefficient (Wildman–Crippen LogP) is 6.22. The van der Waals surface area contributed by atoms with E-state index in [0.29, 0.717) is 23.4 Å². The molecule has 0 heterocycles. The molecule has 4 saturated carbocycles. The molecule has 4 fully saturated rings. The first-order valence-corrected chi connectivity index (χ1v) is 11.3. The van der Waals surface area contributed by atoms with E-state index in [4.69, 9.17) is 0 Å². The summed E-state index contributed by atoms with van der Waals surface area (Å²) < 4.78 is 0. The second-order valence-electron chi connectivity index (χ2n) is 10.3. The molecule has 3 unspecified atom stereocenters. The Bertz CT molecular complexity index is 498. The molecule has 1 N–H and O–H groups in total. The summed E-state index contributed by atoms with van der Waals surface area (Å²) in [7, 11) is 0. The van der Waals surface area contributed by atoms with E-state index in [0.717, 1.165) is 29.6 Å². The molecule has 0 amide bonds. The minimum Gasteiger partial charge on any atom is -0.396 e. The maximum Gasteiger partial charge on any atom is 0.0464 e. The quantitative estimate of drug-likeness (QED) is 0.603. The van der Waals surface area contributed by atoms with Crippen LogP contribution in [0.5, 0.6) is 0 Å². The van der Waals surface area contributed by atoms with Crippen LogP contribution in [0, 0.1) is 46.3 Å². The Hall–Kier alpha value is -0.300. The lowest BCUT2D eigenvalue weighted by Crippen LogP contribution is -2.56. The number of fused-ring (bicyclic) bond motifs is 5. The SMILES string of the molecule is C=C[C@]12CCC3C(CC[C@@]4(CC)C3CCC[C@@H]4CO)[C@H]1CC[C@H](C)C2. The molecule has 1 nitrogen and oxygen atoms in total. The van der Waals surface area contributed by atoms with Gasteiger partial charge < -0.3 is 5.11 Å². The lowest BCUT2D eigenvalue weighted by atomic mass is 9.41. The zero-order valence-electron chi connectivity index (χ0n) is 16.7. The average molecular weight is 345 g/mol. The second kappa shape index (κ2) is 6.70. The first kappa shape index (κ1) is 18.1. The van der Waals surface area contributed by atoms with Gasteiger partial charge in [-0.1, -0.05) is 32.8 Å². The van der Waals surface area contributed by atoms with Gasteiger partial charge in [-0.3, -0.25) is 0 Å². The molecule has 4 rings (SSSR count). The van der Waals surface area contributed by atoms with Gasteiger partial charge in [0.1, 0.15) is 0 Å². The zero-order valence-corrected chi connectivity index (χ0v) is 16.7. The van der Waals surface area contributed by atoms with Crippen LogP contribution >= 0.6 is 0 Å². The van der Waals surface area contributed by atoms with Gasteiger partial charge in [0, 0.05) is 6.61 Å². The summed E-state index contributed by atoms with van der Waals surface area (Å²) in [5.41, 5.74) is 0.917. The van der Waals surface area contributed by atoms with Crippen molar-refractivity contribution in [3.05, 3.63) is 12.7 Å². The van der Waals surface area contributed by atoms with Gasteiger partial charge in [-0.05, 0) is 104 Å². The zero-order chi connectivity index (χ0) is 17.7. The topological polar surface area (TPSA) is 20.2 Å². The van der Waals surface area contributed by atoms with Crippen LogP contribution in [0.3, 0.4) is 0 Å². The molecule has 0 bridgehead atoms. The van der Waals surface area contributed by atoms with Gasteiger partial charge in [-0.2, -0.15) is 0 Å². The van der Waals surface area contributed by atoms with Gasteiger partial charge in [-0.25, -0.2) is 0 Å². The molecule has 0 aromatic carbocycles. The molecule has 4 aliphatic rings. The van der Waals surface area contributed by atoms with Crippen LogP contribution in [0.15, 0.2) is 12.7 Å². The molecular formula is C24H40O. The molecule has 4 aliphatic carbocycles. The lowest BCUT2D eigenvalue weighted by Gasteiger charge is -2.63. The fourth-order valence-corrected chi connectivity index (χ4v) is 8.71. The van der Waals surface area contributed by atoms with Crippen LogP contribution in [-0.4, -0.2) is 11.7 Å². The van der Waals surface area contributed by atoms with Crippen LogP contribution in [-0.2, 0) is 0 Å². The third kappa shape index (κ3) is 2.59. The Balaban J connectivity index is 1.64. The van der Waals surface area contributed by atoms with E-state index in [2.05, 4.69) is 26.5 Å². The first-order valence-electron chi connectivity index (χ1n) is 11.3. The van der Waals surface area contributed by atoms with Crippen molar-refractivity contribution >= 4 is 0 Å². The maximum atomic E-state index is 10.1. The van der Waals surface area contributed by atoms with Gasteiger partial charge >= 0.3 is 0 Å². The van der Waals surface area contributed by atoms with Crippen molar-refractivity contribution in [2.45, 2.75) is 84.5 Å². The van der Waals surface area contributed by atoms with Crippen molar-refractivity contribution in [2.24, 2.45) is 46.3 Å². The van der Waals surface area contributed by atoms with Gasteiger partial charge in [0.25, 0.3) is 0 Å². The van der Waals surface area contributed by atoms with E-state index in [1.165, 1.54) is 70.6 Å². The predicted molar refractivity (Wildman–Crippen MR) is 105 cm³/mol. The Kier molecular flexibility index (Phi) is 4.84. The Labute approximate surface area is 155 Å². The third-order valence-corrected chi connectivity index (χ3v) is 9.81. The summed E-state index contributed by atoms with van der Waals surface area (Å²) in [4.78, 5) is 0.